The van der Waals surface area contributed by atoms with E-state index in [-0.39, 0.29) is 22.8 Å². The molecular weight excluding hydrogens is 376 g/mol. The highest BCUT2D eigenvalue weighted by atomic mass is 32.2. The van der Waals surface area contributed by atoms with Crippen LogP contribution in [0.15, 0.2) is 53.4 Å². The number of nitro benzene ring substituents is 1. The Morgan fingerprint density at radius 3 is 2.11 bits per heavy atom. The summed E-state index contributed by atoms with van der Waals surface area (Å²) in [7, 11) is -3.76. The van der Waals surface area contributed by atoms with Gasteiger partial charge < -0.3 is 10.6 Å². The van der Waals surface area contributed by atoms with E-state index >= 15 is 0 Å². The predicted molar refractivity (Wildman–Crippen MR) is 96.3 cm³/mol. The first-order chi connectivity index (χ1) is 12.7. The van der Waals surface area contributed by atoms with E-state index in [0.717, 1.165) is 5.56 Å². The smallest absolute Gasteiger partial charge is 0.313 e. The number of rotatable bonds is 6. The zero-order valence-corrected chi connectivity index (χ0v) is 14.7. The van der Waals surface area contributed by atoms with Crippen LogP contribution in [0.3, 0.4) is 0 Å². The minimum atomic E-state index is -3.76. The summed E-state index contributed by atoms with van der Waals surface area (Å²) < 4.78 is 22.3. The van der Waals surface area contributed by atoms with E-state index in [1.165, 1.54) is 36.4 Å². The molecule has 0 radical (unpaired) electrons. The van der Waals surface area contributed by atoms with Gasteiger partial charge in [0.25, 0.3) is 5.69 Å². The summed E-state index contributed by atoms with van der Waals surface area (Å²) in [5.74, 6) is -1.78. The fraction of sp³-hybridized carbons (Fsp3) is 0.125. The van der Waals surface area contributed by atoms with E-state index in [0.29, 0.717) is 6.42 Å². The van der Waals surface area contributed by atoms with Crippen molar-refractivity contribution in [3.8, 4) is 0 Å². The SMILES string of the molecule is NS(=O)(=O)c1ccc(CCNC(=O)C(=O)Nc2ccc([N+](=O)[O-])cc2)cc1. The molecule has 0 aliphatic heterocycles. The maximum Gasteiger partial charge on any atom is 0.313 e. The van der Waals surface area contributed by atoms with Crippen molar-refractivity contribution in [3.05, 3.63) is 64.2 Å². The normalized spacial score (nSPS) is 10.9. The van der Waals surface area contributed by atoms with Gasteiger partial charge in [-0.25, -0.2) is 13.6 Å². The molecule has 2 aromatic carbocycles. The first kappa shape index (κ1) is 20.0. The highest BCUT2D eigenvalue weighted by Crippen LogP contribution is 2.15. The molecule has 142 valence electrons. The molecule has 10 nitrogen and oxygen atoms in total. The highest BCUT2D eigenvalue weighted by molar-refractivity contribution is 7.89. The average Bonchev–Trinajstić information content (AvgIpc) is 2.61. The Morgan fingerprint density at radius 2 is 1.59 bits per heavy atom. The number of amides is 2. The topological polar surface area (TPSA) is 162 Å². The maximum atomic E-state index is 11.8. The molecule has 0 atom stereocenters. The Morgan fingerprint density at radius 1 is 1.00 bits per heavy atom. The summed E-state index contributed by atoms with van der Waals surface area (Å²) in [6.45, 7) is 0.154. The van der Waals surface area contributed by atoms with Gasteiger partial charge in [0.15, 0.2) is 0 Å². The van der Waals surface area contributed by atoms with Crippen LogP contribution >= 0.6 is 0 Å². The number of sulfonamides is 1. The molecule has 2 amide bonds. The van der Waals surface area contributed by atoms with Gasteiger partial charge in [0.05, 0.1) is 9.82 Å². The van der Waals surface area contributed by atoms with Gasteiger partial charge >= 0.3 is 11.8 Å². The summed E-state index contributed by atoms with van der Waals surface area (Å²) in [6, 6.07) is 10.9. The summed E-state index contributed by atoms with van der Waals surface area (Å²) in [4.78, 5) is 33.5. The van der Waals surface area contributed by atoms with Crippen LogP contribution in [0, 0.1) is 10.1 Å². The van der Waals surface area contributed by atoms with Crippen LogP contribution < -0.4 is 15.8 Å². The number of nitrogens with two attached hydrogens (primary N) is 1. The summed E-state index contributed by atoms with van der Waals surface area (Å²) >= 11 is 0. The van der Waals surface area contributed by atoms with Gasteiger partial charge in [-0.1, -0.05) is 12.1 Å². The molecule has 0 saturated heterocycles. The van der Waals surface area contributed by atoms with Crippen LogP contribution in [-0.4, -0.2) is 31.7 Å². The fourth-order valence-corrected chi connectivity index (χ4v) is 2.62. The number of nitro groups is 1. The van der Waals surface area contributed by atoms with Crippen LogP contribution in [0.5, 0.6) is 0 Å². The van der Waals surface area contributed by atoms with E-state index in [9.17, 15) is 28.1 Å². The van der Waals surface area contributed by atoms with Gasteiger partial charge in [-0.05, 0) is 36.2 Å². The molecule has 27 heavy (non-hydrogen) atoms. The first-order valence-corrected chi connectivity index (χ1v) is 9.17. The molecule has 2 aromatic rings. The Labute approximate surface area is 154 Å². The molecule has 0 spiro atoms. The van der Waals surface area contributed by atoms with Crippen LogP contribution in [-0.2, 0) is 26.0 Å². The number of nitrogens with zero attached hydrogens (tertiary/aromatic N) is 1. The quantitative estimate of drug-likeness (QED) is 0.369. The van der Waals surface area contributed by atoms with E-state index in [2.05, 4.69) is 10.6 Å². The second kappa shape index (κ2) is 8.38. The lowest BCUT2D eigenvalue weighted by Crippen LogP contribution is -2.36. The molecule has 0 saturated carbocycles. The van der Waals surface area contributed by atoms with Crippen LogP contribution in [0.1, 0.15) is 5.56 Å². The third kappa shape index (κ3) is 5.87. The van der Waals surface area contributed by atoms with Gasteiger partial charge in [0, 0.05) is 24.4 Å². The van der Waals surface area contributed by atoms with Crippen molar-refractivity contribution < 1.29 is 22.9 Å². The number of benzene rings is 2. The number of hydrogen-bond acceptors (Lipinski definition) is 6. The van der Waals surface area contributed by atoms with Crippen molar-refractivity contribution in [1.29, 1.82) is 0 Å². The zero-order valence-electron chi connectivity index (χ0n) is 13.9. The molecular formula is C16H16N4O6S. The Bertz CT molecular complexity index is 955. The van der Waals surface area contributed by atoms with Crippen LogP contribution in [0.2, 0.25) is 0 Å². The Hall–Kier alpha value is -3.31. The van der Waals surface area contributed by atoms with Gasteiger partial charge in [0.2, 0.25) is 10.0 Å². The molecule has 0 heterocycles. The standard InChI is InChI=1S/C16H16N4O6S/c17-27(25,26)14-7-1-11(2-8-14)9-10-18-15(21)16(22)19-12-3-5-13(6-4-12)20(23)24/h1-8H,9-10H2,(H,18,21)(H,19,22)(H2,17,25,26). The number of anilines is 1. The molecule has 0 unspecified atom stereocenters. The third-order valence-electron chi connectivity index (χ3n) is 3.49. The lowest BCUT2D eigenvalue weighted by Gasteiger charge is -2.07. The number of hydrogen-bond donors (Lipinski definition) is 3. The number of nitrogens with one attached hydrogen (secondary N) is 2. The molecule has 2 rings (SSSR count). The number of carbonyl (C=O) groups is 2. The van der Waals surface area contributed by atoms with Crippen molar-refractivity contribution in [3.63, 3.8) is 0 Å². The first-order valence-electron chi connectivity index (χ1n) is 7.62. The van der Waals surface area contributed by atoms with Gasteiger partial charge in [0.1, 0.15) is 0 Å². The predicted octanol–water partition coefficient (Wildman–Crippen LogP) is 0.540. The molecule has 4 N–H and O–H groups in total. The summed E-state index contributed by atoms with van der Waals surface area (Å²) in [6.07, 6.45) is 0.376. The lowest BCUT2D eigenvalue weighted by molar-refractivity contribution is -0.384. The molecule has 0 aliphatic carbocycles. The van der Waals surface area contributed by atoms with Crippen LogP contribution in [0.25, 0.3) is 0 Å². The monoisotopic (exact) mass is 392 g/mol. The van der Waals surface area contributed by atoms with Crippen molar-refractivity contribution in [2.75, 3.05) is 11.9 Å². The fourth-order valence-electron chi connectivity index (χ4n) is 2.10. The van der Waals surface area contributed by atoms with Crippen molar-refractivity contribution >= 4 is 33.2 Å². The highest BCUT2D eigenvalue weighted by Gasteiger charge is 2.14. The van der Waals surface area contributed by atoms with Gasteiger partial charge in [-0.2, -0.15) is 0 Å². The second-order valence-electron chi connectivity index (χ2n) is 5.45. The second-order valence-corrected chi connectivity index (χ2v) is 7.01. The number of primary sulfonamides is 1. The zero-order chi connectivity index (χ0) is 20.0. The van der Waals surface area contributed by atoms with Gasteiger partial charge in [-0.15, -0.1) is 0 Å². The lowest BCUT2D eigenvalue weighted by atomic mass is 10.1. The maximum absolute atomic E-state index is 11.8. The van der Waals surface area contributed by atoms with E-state index in [1.807, 2.05) is 0 Å². The van der Waals surface area contributed by atoms with E-state index < -0.39 is 26.8 Å². The van der Waals surface area contributed by atoms with Crippen molar-refractivity contribution in [2.45, 2.75) is 11.3 Å². The largest absolute Gasteiger partial charge is 0.347 e. The number of non-ortho nitro benzene ring substituents is 1. The minimum absolute atomic E-state index is 0.0160. The molecule has 0 fully saturated rings. The number of carbonyl (C=O) groups excluding carboxylic acids is 2. The van der Waals surface area contributed by atoms with Crippen LogP contribution in [0.4, 0.5) is 11.4 Å². The Kier molecular flexibility index (Phi) is 6.21. The summed E-state index contributed by atoms with van der Waals surface area (Å²) in [5.41, 5.74) is 0.865. The average molecular weight is 392 g/mol. The van der Waals surface area contributed by atoms with Crippen molar-refractivity contribution in [2.24, 2.45) is 5.14 Å². The van der Waals surface area contributed by atoms with Crippen molar-refractivity contribution in [1.82, 2.24) is 5.32 Å². The molecule has 0 aromatic heterocycles. The molecule has 11 heteroatoms. The van der Waals surface area contributed by atoms with E-state index in [1.54, 1.807) is 12.1 Å². The molecule has 0 aliphatic rings. The minimum Gasteiger partial charge on any atom is -0.347 e. The Balaban J connectivity index is 1.82. The summed E-state index contributed by atoms with van der Waals surface area (Å²) in [5, 5.41) is 20.3. The third-order valence-corrected chi connectivity index (χ3v) is 4.42. The van der Waals surface area contributed by atoms with E-state index in [4.69, 9.17) is 5.14 Å². The van der Waals surface area contributed by atoms with Gasteiger partial charge in [-0.3, -0.25) is 19.7 Å². The molecule has 0 bridgehead atoms.